The van der Waals surface area contributed by atoms with E-state index in [1.165, 1.54) is 24.3 Å². The smallest absolute Gasteiger partial charge is 0.354 e. The molecule has 2 aliphatic rings. The van der Waals surface area contributed by atoms with Crippen LogP contribution in [0.5, 0.6) is 0 Å². The normalized spacial score (nSPS) is 22.6. The first-order chi connectivity index (χ1) is 11.9. The molecule has 9 nitrogen and oxygen atoms in total. The predicted octanol–water partition coefficient (Wildman–Crippen LogP) is 1.65. The van der Waals surface area contributed by atoms with Gasteiger partial charge in [-0.1, -0.05) is 11.6 Å². The first-order valence-corrected chi connectivity index (χ1v) is 7.82. The standard InChI is InChI=1S/C15H13ClN4O5/c1-2-25-13(22)11-7-15(20(17-11)18-24)8-12(21)19(14(15)23)10-5-3-9(16)4-6-10/h3-6H,2,7-8H2,1H3/t15-/m0/s1. The second kappa shape index (κ2) is 6.25. The number of imide groups is 1. The minimum absolute atomic E-state index is 0.114. The second-order valence-corrected chi connectivity index (χ2v) is 5.97. The molecule has 1 spiro atoms. The number of amides is 2. The number of rotatable bonds is 4. The summed E-state index contributed by atoms with van der Waals surface area (Å²) in [7, 11) is 0. The zero-order chi connectivity index (χ0) is 18.2. The maximum absolute atomic E-state index is 12.9. The van der Waals surface area contributed by atoms with Crippen molar-refractivity contribution in [2.24, 2.45) is 10.4 Å². The van der Waals surface area contributed by atoms with Crippen LogP contribution in [0.3, 0.4) is 0 Å². The summed E-state index contributed by atoms with van der Waals surface area (Å²) >= 11 is 5.82. The Morgan fingerprint density at radius 1 is 1.32 bits per heavy atom. The number of ether oxygens (including phenoxy) is 1. The van der Waals surface area contributed by atoms with Crippen LogP contribution in [0.2, 0.25) is 5.02 Å². The topological polar surface area (TPSA) is 109 Å². The van der Waals surface area contributed by atoms with E-state index in [0.717, 1.165) is 4.90 Å². The summed E-state index contributed by atoms with van der Waals surface area (Å²) in [5, 5.41) is 7.51. The molecule has 0 radical (unpaired) electrons. The first kappa shape index (κ1) is 17.0. The van der Waals surface area contributed by atoms with Crippen LogP contribution in [-0.2, 0) is 19.1 Å². The van der Waals surface area contributed by atoms with E-state index in [0.29, 0.717) is 15.8 Å². The van der Waals surface area contributed by atoms with Crippen LogP contribution in [0, 0.1) is 4.91 Å². The minimum atomic E-state index is -1.64. The lowest BCUT2D eigenvalue weighted by molar-refractivity contribution is -0.135. The number of hydrogen-bond acceptors (Lipinski definition) is 7. The largest absolute Gasteiger partial charge is 0.461 e. The van der Waals surface area contributed by atoms with E-state index in [-0.39, 0.29) is 25.2 Å². The number of benzene rings is 1. The molecule has 1 aromatic carbocycles. The summed E-state index contributed by atoms with van der Waals surface area (Å²) in [6.45, 7) is 1.73. The van der Waals surface area contributed by atoms with Gasteiger partial charge >= 0.3 is 5.97 Å². The fourth-order valence-corrected chi connectivity index (χ4v) is 3.01. The van der Waals surface area contributed by atoms with Crippen LogP contribution in [0.4, 0.5) is 5.69 Å². The van der Waals surface area contributed by atoms with Gasteiger partial charge in [-0.05, 0) is 31.2 Å². The number of esters is 1. The van der Waals surface area contributed by atoms with Crippen molar-refractivity contribution in [2.75, 3.05) is 11.5 Å². The zero-order valence-corrected chi connectivity index (χ0v) is 13.9. The molecule has 3 rings (SSSR count). The molecule has 2 heterocycles. The number of carbonyl (C=O) groups excluding carboxylic acids is 3. The molecule has 0 aliphatic carbocycles. The Kier molecular flexibility index (Phi) is 4.25. The maximum atomic E-state index is 12.9. The highest BCUT2D eigenvalue weighted by Gasteiger charge is 2.61. The summed E-state index contributed by atoms with van der Waals surface area (Å²) < 4.78 is 4.84. The number of carbonyl (C=O) groups is 3. The van der Waals surface area contributed by atoms with Gasteiger partial charge in [-0.3, -0.25) is 9.59 Å². The molecule has 130 valence electrons. The number of hydrogen-bond donors (Lipinski definition) is 0. The fraction of sp³-hybridized carbons (Fsp3) is 0.333. The van der Waals surface area contributed by atoms with Crippen molar-refractivity contribution >= 4 is 40.8 Å². The molecule has 0 N–H and O–H groups in total. The van der Waals surface area contributed by atoms with Crippen molar-refractivity contribution in [3.8, 4) is 0 Å². The molecule has 0 aromatic heterocycles. The Labute approximate surface area is 147 Å². The summed E-state index contributed by atoms with van der Waals surface area (Å²) in [6.07, 6.45) is -0.557. The third kappa shape index (κ3) is 2.66. The van der Waals surface area contributed by atoms with E-state index < -0.39 is 23.3 Å². The van der Waals surface area contributed by atoms with Gasteiger partial charge in [0.15, 0.2) is 11.3 Å². The molecule has 10 heteroatoms. The number of anilines is 1. The Morgan fingerprint density at radius 3 is 2.60 bits per heavy atom. The van der Waals surface area contributed by atoms with Gasteiger partial charge in [0.05, 0.1) is 24.0 Å². The van der Waals surface area contributed by atoms with Crippen molar-refractivity contribution in [1.82, 2.24) is 5.12 Å². The van der Waals surface area contributed by atoms with Crippen molar-refractivity contribution in [2.45, 2.75) is 25.3 Å². The molecule has 1 saturated heterocycles. The van der Waals surface area contributed by atoms with E-state index in [4.69, 9.17) is 16.3 Å². The highest BCUT2D eigenvalue weighted by Crippen LogP contribution is 2.40. The zero-order valence-electron chi connectivity index (χ0n) is 13.1. The van der Waals surface area contributed by atoms with Crippen LogP contribution in [0.25, 0.3) is 0 Å². The van der Waals surface area contributed by atoms with Gasteiger partial charge in [0.1, 0.15) is 0 Å². The molecule has 2 amide bonds. The molecule has 0 saturated carbocycles. The lowest BCUT2D eigenvalue weighted by Crippen LogP contribution is -2.48. The van der Waals surface area contributed by atoms with E-state index in [2.05, 4.69) is 10.4 Å². The molecule has 0 unspecified atom stereocenters. The molecule has 1 atom stereocenters. The average molecular weight is 365 g/mol. The monoisotopic (exact) mass is 364 g/mol. The van der Waals surface area contributed by atoms with Gasteiger partial charge in [0.25, 0.3) is 5.91 Å². The van der Waals surface area contributed by atoms with Gasteiger partial charge < -0.3 is 4.74 Å². The fourth-order valence-electron chi connectivity index (χ4n) is 2.89. The van der Waals surface area contributed by atoms with Crippen LogP contribution in [0.1, 0.15) is 19.8 Å². The summed E-state index contributed by atoms with van der Waals surface area (Å²) in [5.41, 5.74) is -1.45. The lowest BCUT2D eigenvalue weighted by atomic mass is 9.92. The number of hydrazone groups is 1. The van der Waals surface area contributed by atoms with Gasteiger partial charge in [-0.15, -0.1) is 15.1 Å². The van der Waals surface area contributed by atoms with Crippen molar-refractivity contribution in [1.29, 1.82) is 0 Å². The Morgan fingerprint density at radius 2 is 2.00 bits per heavy atom. The number of nitrogens with zero attached hydrogens (tertiary/aromatic N) is 4. The van der Waals surface area contributed by atoms with Crippen LogP contribution < -0.4 is 4.90 Å². The summed E-state index contributed by atoms with van der Waals surface area (Å²) in [6, 6.07) is 6.09. The van der Waals surface area contributed by atoms with Gasteiger partial charge in [-0.25, -0.2) is 9.69 Å². The maximum Gasteiger partial charge on any atom is 0.354 e. The quantitative estimate of drug-likeness (QED) is 0.456. The first-order valence-electron chi connectivity index (χ1n) is 7.44. The van der Waals surface area contributed by atoms with Crippen molar-refractivity contribution in [3.05, 3.63) is 34.2 Å². The van der Waals surface area contributed by atoms with Crippen molar-refractivity contribution < 1.29 is 19.1 Å². The summed E-state index contributed by atoms with van der Waals surface area (Å²) in [4.78, 5) is 49.3. The average Bonchev–Trinajstić information content (AvgIpc) is 3.07. The van der Waals surface area contributed by atoms with Gasteiger partial charge in [0.2, 0.25) is 5.91 Å². The van der Waals surface area contributed by atoms with Crippen molar-refractivity contribution in [3.63, 3.8) is 0 Å². The Balaban J connectivity index is 1.94. The minimum Gasteiger partial charge on any atom is -0.461 e. The Hall–Kier alpha value is -2.81. The molecule has 2 aliphatic heterocycles. The molecular weight excluding hydrogens is 352 g/mol. The van der Waals surface area contributed by atoms with Crippen LogP contribution in [0.15, 0.2) is 34.7 Å². The van der Waals surface area contributed by atoms with Crippen LogP contribution in [-0.4, -0.2) is 40.8 Å². The van der Waals surface area contributed by atoms with Crippen LogP contribution >= 0.6 is 11.6 Å². The highest BCUT2D eigenvalue weighted by molar-refractivity contribution is 6.39. The number of nitroso groups, excluding NO2 is 1. The van der Waals surface area contributed by atoms with E-state index in [1.54, 1.807) is 6.92 Å². The molecule has 1 fully saturated rings. The molecule has 0 bridgehead atoms. The van der Waals surface area contributed by atoms with Gasteiger partial charge in [0, 0.05) is 11.4 Å². The molecule has 25 heavy (non-hydrogen) atoms. The predicted molar refractivity (Wildman–Crippen MR) is 87.6 cm³/mol. The third-order valence-electron chi connectivity index (χ3n) is 4.03. The Bertz CT molecular complexity index is 794. The SMILES string of the molecule is CCOC(=O)C1=NN(N=O)[C@]2(CC(=O)N(c3ccc(Cl)cc3)C2=O)C1. The van der Waals surface area contributed by atoms with E-state index in [9.17, 15) is 19.3 Å². The van der Waals surface area contributed by atoms with E-state index in [1.807, 2.05) is 0 Å². The second-order valence-electron chi connectivity index (χ2n) is 5.53. The van der Waals surface area contributed by atoms with E-state index >= 15 is 0 Å². The number of halogens is 1. The highest BCUT2D eigenvalue weighted by atomic mass is 35.5. The lowest BCUT2D eigenvalue weighted by Gasteiger charge is -2.24. The molecule has 1 aromatic rings. The molecular formula is C15H13ClN4O5. The van der Waals surface area contributed by atoms with Gasteiger partial charge in [-0.2, -0.15) is 0 Å². The third-order valence-corrected chi connectivity index (χ3v) is 4.28. The summed E-state index contributed by atoms with van der Waals surface area (Å²) in [5.74, 6) is -1.96.